The topological polar surface area (TPSA) is 108 Å². The van der Waals surface area contributed by atoms with Gasteiger partial charge in [0.25, 0.3) is 5.69 Å². The van der Waals surface area contributed by atoms with Crippen molar-refractivity contribution in [1.82, 2.24) is 0 Å². The fourth-order valence-electron chi connectivity index (χ4n) is 2.59. The summed E-state index contributed by atoms with van der Waals surface area (Å²) in [6.45, 7) is 2.76. The van der Waals surface area contributed by atoms with Crippen molar-refractivity contribution in [3.8, 4) is 12.1 Å². The minimum Gasteiger partial charge on any atom is -0.296 e. The van der Waals surface area contributed by atoms with E-state index in [1.54, 1.807) is 12.1 Å². The first-order valence-corrected chi connectivity index (χ1v) is 10.8. The molecule has 0 spiro atoms. The molecule has 6 nitrogen and oxygen atoms in total. The van der Waals surface area contributed by atoms with E-state index in [0.717, 1.165) is 35.7 Å². The first-order chi connectivity index (χ1) is 14.9. The highest BCUT2D eigenvalue weighted by molar-refractivity contribution is 8.00. The summed E-state index contributed by atoms with van der Waals surface area (Å²) in [6, 6.07) is 12.2. The molecule has 0 saturated carbocycles. The predicted octanol–water partition coefficient (Wildman–Crippen LogP) is 6.12. The van der Waals surface area contributed by atoms with Crippen LogP contribution in [0.15, 0.2) is 57.2 Å². The van der Waals surface area contributed by atoms with E-state index in [2.05, 4.69) is 0 Å². The van der Waals surface area contributed by atoms with E-state index in [1.807, 2.05) is 0 Å². The summed E-state index contributed by atoms with van der Waals surface area (Å²) in [4.78, 5) is 24.6. The van der Waals surface area contributed by atoms with Gasteiger partial charge in [0, 0.05) is 27.5 Å². The Kier molecular flexibility index (Phi) is 7.94. The molecule has 0 N–H and O–H groups in total. The van der Waals surface area contributed by atoms with Gasteiger partial charge in [0.15, 0.2) is 11.2 Å². The molecular weight excluding hydrogens is 463 g/mol. The number of hydrogen-bond acceptors (Lipinski definition) is 7. The number of nitro benzene ring substituents is 1. The summed E-state index contributed by atoms with van der Waals surface area (Å²) in [6.07, 6.45) is -4.44. The summed E-state index contributed by atoms with van der Waals surface area (Å²) in [5.74, 6) is -1.18. The van der Waals surface area contributed by atoms with Gasteiger partial charge >= 0.3 is 6.18 Å². The van der Waals surface area contributed by atoms with Gasteiger partial charge in [0.05, 0.1) is 27.5 Å². The number of nitrogens with zero attached hydrogens (tertiary/aromatic N) is 3. The van der Waals surface area contributed by atoms with Crippen LogP contribution < -0.4 is 0 Å². The van der Waals surface area contributed by atoms with Crippen molar-refractivity contribution in [2.24, 2.45) is 11.3 Å². The first-order valence-electron chi connectivity index (χ1n) is 9.04. The molecule has 0 aliphatic rings. The minimum atomic E-state index is -4.44. The number of nitriles is 2. The molecule has 0 radical (unpaired) electrons. The summed E-state index contributed by atoms with van der Waals surface area (Å²) in [5, 5.41) is 29.6. The van der Waals surface area contributed by atoms with Gasteiger partial charge < -0.3 is 0 Å². The molecule has 0 aromatic heterocycles. The molecule has 0 aliphatic carbocycles. The van der Waals surface area contributed by atoms with Crippen molar-refractivity contribution in [2.75, 3.05) is 5.75 Å². The highest BCUT2D eigenvalue weighted by atomic mass is 32.2. The minimum absolute atomic E-state index is 0.104. The van der Waals surface area contributed by atoms with Crippen LogP contribution in [0.4, 0.5) is 18.9 Å². The third-order valence-corrected chi connectivity index (χ3v) is 6.72. The zero-order valence-electron chi connectivity index (χ0n) is 16.8. The summed E-state index contributed by atoms with van der Waals surface area (Å²) < 4.78 is 38.1. The largest absolute Gasteiger partial charge is 0.416 e. The molecule has 2 rings (SSSR count). The van der Waals surface area contributed by atoms with Gasteiger partial charge in [0.2, 0.25) is 0 Å². The normalized spacial score (nSPS) is 12.5. The second kappa shape index (κ2) is 10.1. The van der Waals surface area contributed by atoms with E-state index < -0.39 is 33.8 Å². The van der Waals surface area contributed by atoms with Crippen molar-refractivity contribution in [2.45, 2.75) is 34.7 Å². The van der Waals surface area contributed by atoms with Crippen molar-refractivity contribution in [1.29, 1.82) is 10.5 Å². The average molecular weight is 480 g/mol. The predicted molar refractivity (Wildman–Crippen MR) is 113 cm³/mol. The van der Waals surface area contributed by atoms with Gasteiger partial charge in [-0.25, -0.2) is 0 Å². The van der Waals surface area contributed by atoms with Crippen LogP contribution in [0, 0.1) is 44.1 Å². The fourth-order valence-corrected chi connectivity index (χ4v) is 4.60. The van der Waals surface area contributed by atoms with E-state index >= 15 is 0 Å². The first kappa shape index (κ1) is 25.2. The highest BCUT2D eigenvalue weighted by Gasteiger charge is 2.36. The Morgan fingerprint density at radius 1 is 1.12 bits per heavy atom. The maximum atomic E-state index is 12.7. The molecule has 11 heteroatoms. The summed E-state index contributed by atoms with van der Waals surface area (Å²) in [7, 11) is 0. The molecule has 0 fully saturated rings. The number of Topliss-reactive ketones (excluding diaryl/α,β-unsaturated/α-hetero) is 1. The molecule has 0 bridgehead atoms. The number of benzene rings is 2. The number of hydrogen-bond donors (Lipinski definition) is 0. The molecule has 2 aromatic carbocycles. The SMILES string of the molecule is CC(CSc1cc(Sc2ccc(C(F)(F)F)cc2)ccc1[N+](=O)[O-])C(=O)C(C)(C#N)C#N. The highest BCUT2D eigenvalue weighted by Crippen LogP contribution is 2.38. The molecule has 0 saturated heterocycles. The molecular formula is C21H16F3N3O3S2. The lowest BCUT2D eigenvalue weighted by Crippen LogP contribution is -2.30. The van der Waals surface area contributed by atoms with Gasteiger partial charge in [-0.2, -0.15) is 23.7 Å². The Balaban J connectivity index is 2.21. The Labute approximate surface area is 190 Å². The Bertz CT molecular complexity index is 1090. The van der Waals surface area contributed by atoms with Crippen molar-refractivity contribution in [3.05, 3.63) is 58.1 Å². The van der Waals surface area contributed by atoms with Crippen LogP contribution in [0.1, 0.15) is 19.4 Å². The second-order valence-electron chi connectivity index (χ2n) is 6.94. The monoisotopic (exact) mass is 479 g/mol. The Hall–Kier alpha value is -3.02. The van der Waals surface area contributed by atoms with Crippen molar-refractivity contribution in [3.63, 3.8) is 0 Å². The standard InChI is InChI=1S/C21H16F3N3O3S2/c1-13(19(28)20(2,11-25)12-26)10-31-18-9-16(7-8-17(18)27(29)30)32-15-5-3-14(4-6-15)21(22,23)24/h3-9,13H,10H2,1-2H3. The van der Waals surface area contributed by atoms with Gasteiger partial charge in [-0.05, 0) is 43.3 Å². The van der Waals surface area contributed by atoms with Crippen LogP contribution in [-0.4, -0.2) is 16.5 Å². The third-order valence-electron chi connectivity index (χ3n) is 4.42. The van der Waals surface area contributed by atoms with Crippen LogP contribution >= 0.6 is 23.5 Å². The molecule has 0 aliphatic heterocycles. The molecule has 0 amide bonds. The third kappa shape index (κ3) is 6.02. The summed E-state index contributed by atoms with van der Waals surface area (Å²) in [5.41, 5.74) is -2.76. The molecule has 2 aromatic rings. The number of nitro groups is 1. The lowest BCUT2D eigenvalue weighted by molar-refractivity contribution is -0.387. The fraction of sp³-hybridized carbons (Fsp3) is 0.286. The maximum Gasteiger partial charge on any atom is 0.416 e. The number of thioether (sulfide) groups is 1. The maximum absolute atomic E-state index is 12.7. The number of ketones is 1. The lowest BCUT2D eigenvalue weighted by atomic mass is 9.83. The van der Waals surface area contributed by atoms with Gasteiger partial charge in [-0.3, -0.25) is 14.9 Å². The zero-order valence-corrected chi connectivity index (χ0v) is 18.5. The van der Waals surface area contributed by atoms with Crippen LogP contribution in [0.5, 0.6) is 0 Å². The number of carbonyl (C=O) groups is 1. The smallest absolute Gasteiger partial charge is 0.296 e. The molecule has 1 atom stereocenters. The lowest BCUT2D eigenvalue weighted by Gasteiger charge is -2.17. The van der Waals surface area contributed by atoms with Crippen LogP contribution in [-0.2, 0) is 11.0 Å². The molecule has 1 unspecified atom stereocenters. The van der Waals surface area contributed by atoms with E-state index in [0.29, 0.717) is 9.79 Å². The zero-order chi connectivity index (χ0) is 24.1. The quantitative estimate of drug-likeness (QED) is 0.255. The van der Waals surface area contributed by atoms with E-state index in [9.17, 15) is 28.1 Å². The van der Waals surface area contributed by atoms with Crippen molar-refractivity contribution < 1.29 is 22.9 Å². The van der Waals surface area contributed by atoms with Crippen LogP contribution in [0.2, 0.25) is 0 Å². The Morgan fingerprint density at radius 2 is 1.69 bits per heavy atom. The van der Waals surface area contributed by atoms with Crippen LogP contribution in [0.25, 0.3) is 0 Å². The number of rotatable bonds is 8. The number of halogens is 3. The second-order valence-corrected chi connectivity index (χ2v) is 9.14. The van der Waals surface area contributed by atoms with Gasteiger partial charge in [0.1, 0.15) is 0 Å². The van der Waals surface area contributed by atoms with Crippen LogP contribution in [0.3, 0.4) is 0 Å². The molecule has 0 heterocycles. The number of alkyl halides is 3. The van der Waals surface area contributed by atoms with E-state index in [-0.39, 0.29) is 16.3 Å². The molecule has 32 heavy (non-hydrogen) atoms. The average Bonchev–Trinajstić information content (AvgIpc) is 2.76. The van der Waals surface area contributed by atoms with Crippen molar-refractivity contribution >= 4 is 35.0 Å². The van der Waals surface area contributed by atoms with Gasteiger partial charge in [-0.15, -0.1) is 11.8 Å². The Morgan fingerprint density at radius 3 is 2.19 bits per heavy atom. The van der Waals surface area contributed by atoms with E-state index in [4.69, 9.17) is 10.5 Å². The van der Waals surface area contributed by atoms with E-state index in [1.165, 1.54) is 44.2 Å². The summed E-state index contributed by atoms with van der Waals surface area (Å²) >= 11 is 2.17. The van der Waals surface area contributed by atoms with Gasteiger partial charge in [-0.1, -0.05) is 18.7 Å². The number of carbonyl (C=O) groups excluding carboxylic acids is 1. The molecule has 166 valence electrons.